The van der Waals surface area contributed by atoms with Crippen LogP contribution in [0, 0.1) is 0 Å². The molecule has 22 heavy (non-hydrogen) atoms. The van der Waals surface area contributed by atoms with Crippen LogP contribution in [-0.4, -0.2) is 30.5 Å². The van der Waals surface area contributed by atoms with Crippen molar-refractivity contribution in [3.05, 3.63) is 40.2 Å². The van der Waals surface area contributed by atoms with E-state index in [2.05, 4.69) is 9.97 Å². The zero-order chi connectivity index (χ0) is 15.9. The Bertz CT molecular complexity index is 902. The average Bonchev–Trinajstić information content (AvgIpc) is 2.95. The first-order chi connectivity index (χ1) is 10.5. The Balaban J connectivity index is 2.25. The van der Waals surface area contributed by atoms with E-state index in [1.807, 2.05) is 6.07 Å². The Morgan fingerprint density at radius 3 is 2.86 bits per heavy atom. The Morgan fingerprint density at radius 2 is 2.18 bits per heavy atom. The van der Waals surface area contributed by atoms with Crippen molar-refractivity contribution in [3.63, 3.8) is 0 Å². The minimum absolute atomic E-state index is 0.0798. The molecule has 0 aliphatic rings. The van der Waals surface area contributed by atoms with Gasteiger partial charge in [-0.15, -0.1) is 0 Å². The van der Waals surface area contributed by atoms with Crippen molar-refractivity contribution in [3.8, 4) is 11.4 Å². The zero-order valence-electron chi connectivity index (χ0n) is 11.9. The van der Waals surface area contributed by atoms with Crippen molar-refractivity contribution >= 4 is 32.9 Å². The van der Waals surface area contributed by atoms with Gasteiger partial charge in [0.05, 0.1) is 6.61 Å². The number of aliphatic hydroxyl groups excluding tert-OH is 1. The van der Waals surface area contributed by atoms with Gasteiger partial charge in [-0.2, -0.15) is 4.98 Å². The summed E-state index contributed by atoms with van der Waals surface area (Å²) in [5, 5.41) is 9.24. The van der Waals surface area contributed by atoms with Crippen molar-refractivity contribution in [2.45, 2.75) is 10.9 Å². The molecule has 0 fully saturated rings. The highest BCUT2D eigenvalue weighted by molar-refractivity contribution is 7.92. The molecule has 3 aromatic rings. The first-order valence-corrected chi connectivity index (χ1v) is 8.80. The lowest BCUT2D eigenvalue weighted by Crippen LogP contribution is -2.20. The van der Waals surface area contributed by atoms with Gasteiger partial charge in [-0.3, -0.25) is 9.36 Å². The van der Waals surface area contributed by atoms with E-state index in [0.717, 1.165) is 22.5 Å². The van der Waals surface area contributed by atoms with Gasteiger partial charge >= 0.3 is 4.34 Å². The summed E-state index contributed by atoms with van der Waals surface area (Å²) in [5.74, 6) is 0.491. The van der Waals surface area contributed by atoms with Gasteiger partial charge in [0.25, 0.3) is 5.56 Å². The Kier molecular flexibility index (Phi) is 4.00. The molecular formula is C14H13N3O3S2. The first kappa shape index (κ1) is 15.2. The van der Waals surface area contributed by atoms with Gasteiger partial charge in [0, 0.05) is 23.8 Å². The molecule has 1 unspecified atom stereocenters. The van der Waals surface area contributed by atoms with Crippen molar-refractivity contribution in [2.24, 2.45) is 7.05 Å². The number of benzene rings is 1. The third-order valence-electron chi connectivity index (χ3n) is 3.24. The molecule has 114 valence electrons. The van der Waals surface area contributed by atoms with Crippen molar-refractivity contribution in [1.29, 1.82) is 0 Å². The summed E-state index contributed by atoms with van der Waals surface area (Å²) in [6, 6.07) is 7.21. The van der Waals surface area contributed by atoms with Crippen LogP contribution in [0.1, 0.15) is 5.56 Å². The van der Waals surface area contributed by atoms with E-state index in [1.165, 1.54) is 10.8 Å². The second kappa shape index (κ2) is 5.81. The van der Waals surface area contributed by atoms with E-state index in [4.69, 9.17) is 0 Å². The molecule has 1 atom stereocenters. The number of fused-ring (bicyclic) bond motifs is 1. The van der Waals surface area contributed by atoms with Gasteiger partial charge in [0.2, 0.25) is 0 Å². The lowest BCUT2D eigenvalue weighted by Gasteiger charge is -2.08. The Labute approximate surface area is 133 Å². The number of nitrogens with zero attached hydrogens (tertiary/aromatic N) is 3. The molecule has 0 bridgehead atoms. The van der Waals surface area contributed by atoms with E-state index in [1.54, 1.807) is 25.2 Å². The minimum Gasteiger partial charge on any atom is -0.610 e. The van der Waals surface area contributed by atoms with Gasteiger partial charge in [0.1, 0.15) is 12.1 Å². The van der Waals surface area contributed by atoms with E-state index >= 15 is 0 Å². The number of hydrogen-bond acceptors (Lipinski definition) is 6. The maximum Gasteiger partial charge on any atom is 0.304 e. The van der Waals surface area contributed by atoms with Gasteiger partial charge in [0.15, 0.2) is 10.3 Å². The summed E-state index contributed by atoms with van der Waals surface area (Å²) < 4.78 is 13.4. The highest BCUT2D eigenvalue weighted by Gasteiger charge is 2.19. The van der Waals surface area contributed by atoms with Gasteiger partial charge in [-0.25, -0.2) is 4.98 Å². The van der Waals surface area contributed by atoms with Crippen LogP contribution < -0.4 is 5.56 Å². The fourth-order valence-electron chi connectivity index (χ4n) is 2.12. The summed E-state index contributed by atoms with van der Waals surface area (Å²) in [6.45, 7) is -0.0798. The predicted molar refractivity (Wildman–Crippen MR) is 86.3 cm³/mol. The third kappa shape index (κ3) is 2.54. The van der Waals surface area contributed by atoms with E-state index in [9.17, 15) is 14.5 Å². The molecule has 3 rings (SSSR count). The molecule has 6 nitrogen and oxygen atoms in total. The highest BCUT2D eigenvalue weighted by Crippen LogP contribution is 2.25. The topological polar surface area (TPSA) is 91.1 Å². The first-order valence-electron chi connectivity index (χ1n) is 6.42. The summed E-state index contributed by atoms with van der Waals surface area (Å²) in [7, 11) is 1.62. The number of rotatable bonds is 3. The van der Waals surface area contributed by atoms with Crippen molar-refractivity contribution in [1.82, 2.24) is 14.5 Å². The third-order valence-corrected chi connectivity index (χ3v) is 5.52. The van der Waals surface area contributed by atoms with Crippen LogP contribution in [0.5, 0.6) is 0 Å². The van der Waals surface area contributed by atoms with Gasteiger partial charge < -0.3 is 9.66 Å². The molecule has 2 heterocycles. The smallest absolute Gasteiger partial charge is 0.304 e. The van der Waals surface area contributed by atoms with Crippen molar-refractivity contribution in [2.75, 3.05) is 6.26 Å². The van der Waals surface area contributed by atoms with Gasteiger partial charge in [-0.05, 0) is 23.0 Å². The summed E-state index contributed by atoms with van der Waals surface area (Å²) in [6.07, 6.45) is 1.52. The standard InChI is InChI=1S/C14H13N3O3S2/c1-17-11(9-5-3-4-8(6-9)7-18)16-12-10(13(17)19)15-14(21-12)22(2)20/h3-6,18H,7H2,1-2H3. The fourth-order valence-corrected chi connectivity index (χ4v) is 3.71. The van der Waals surface area contributed by atoms with Crippen LogP contribution >= 0.6 is 11.3 Å². The molecule has 0 radical (unpaired) electrons. The number of aliphatic hydroxyl groups is 1. The largest absolute Gasteiger partial charge is 0.610 e. The van der Waals surface area contributed by atoms with Crippen LogP contribution in [0.2, 0.25) is 0 Å². The maximum absolute atomic E-state index is 12.4. The number of thiazole rings is 1. The van der Waals surface area contributed by atoms with Crippen LogP contribution in [0.15, 0.2) is 33.4 Å². The molecule has 0 aliphatic heterocycles. The molecule has 0 saturated heterocycles. The molecule has 0 spiro atoms. The van der Waals surface area contributed by atoms with E-state index in [-0.39, 0.29) is 17.7 Å². The fraction of sp³-hybridized carbons (Fsp3) is 0.214. The molecule has 8 heteroatoms. The number of hydrogen-bond donors (Lipinski definition) is 1. The predicted octanol–water partition coefficient (Wildman–Crippen LogP) is 1.29. The molecule has 0 aliphatic carbocycles. The normalized spacial score (nSPS) is 12.7. The zero-order valence-corrected chi connectivity index (χ0v) is 13.6. The van der Waals surface area contributed by atoms with Crippen LogP contribution in [0.25, 0.3) is 21.7 Å². The summed E-state index contributed by atoms with van der Waals surface area (Å²) >= 11 is -0.0845. The minimum atomic E-state index is -1.25. The molecular weight excluding hydrogens is 322 g/mol. The Morgan fingerprint density at radius 1 is 1.41 bits per heavy atom. The SMILES string of the molecule is Cn1c(-c2cccc(CO)c2)nc2sc([S+](C)[O-])nc2c1=O. The summed E-state index contributed by atoms with van der Waals surface area (Å²) in [4.78, 5) is 21.5. The van der Waals surface area contributed by atoms with E-state index in [0.29, 0.717) is 15.0 Å². The van der Waals surface area contributed by atoms with Crippen molar-refractivity contribution < 1.29 is 9.66 Å². The molecule has 0 saturated carbocycles. The Hall–Kier alpha value is -1.74. The number of aromatic nitrogens is 3. The monoisotopic (exact) mass is 335 g/mol. The molecule has 1 N–H and O–H groups in total. The summed E-state index contributed by atoms with van der Waals surface area (Å²) in [5.41, 5.74) is 1.44. The second-order valence-corrected chi connectivity index (χ2v) is 7.28. The molecule has 0 amide bonds. The van der Waals surface area contributed by atoms with Crippen LogP contribution in [0.3, 0.4) is 0 Å². The second-order valence-electron chi connectivity index (χ2n) is 4.75. The maximum atomic E-state index is 12.4. The highest BCUT2D eigenvalue weighted by atomic mass is 32.2. The lowest BCUT2D eigenvalue weighted by atomic mass is 10.1. The lowest BCUT2D eigenvalue weighted by molar-refractivity contribution is 0.282. The van der Waals surface area contributed by atoms with Crippen LogP contribution in [-0.2, 0) is 24.8 Å². The van der Waals surface area contributed by atoms with E-state index < -0.39 is 11.2 Å². The average molecular weight is 335 g/mol. The molecule has 2 aromatic heterocycles. The van der Waals surface area contributed by atoms with Crippen LogP contribution in [0.4, 0.5) is 0 Å². The quantitative estimate of drug-likeness (QED) is 0.728. The van der Waals surface area contributed by atoms with Gasteiger partial charge in [-0.1, -0.05) is 18.2 Å². The molecule has 1 aromatic carbocycles.